The standard InChI is InChI=1S/C13H26N2OS/c1-11-9-15(10-12(2)16-11)7-8-17-13-3-5-14-6-4-13/h11-14H,3-10H2,1-2H3. The molecular weight excluding hydrogens is 232 g/mol. The predicted octanol–water partition coefficient (Wildman–Crippen LogP) is 1.58. The summed E-state index contributed by atoms with van der Waals surface area (Å²) in [4.78, 5) is 2.56. The van der Waals surface area contributed by atoms with Gasteiger partial charge in [0, 0.05) is 30.6 Å². The van der Waals surface area contributed by atoms with Crippen molar-refractivity contribution < 1.29 is 4.74 Å². The number of nitrogens with one attached hydrogen (secondary N) is 1. The maximum atomic E-state index is 5.76. The first kappa shape index (κ1) is 13.7. The van der Waals surface area contributed by atoms with Gasteiger partial charge in [-0.25, -0.2) is 0 Å². The molecule has 0 saturated carbocycles. The number of hydrogen-bond donors (Lipinski definition) is 1. The number of ether oxygens (including phenoxy) is 1. The fourth-order valence-corrected chi connectivity index (χ4v) is 4.04. The van der Waals surface area contributed by atoms with Crippen LogP contribution in [0.5, 0.6) is 0 Å². The number of hydrogen-bond acceptors (Lipinski definition) is 4. The quantitative estimate of drug-likeness (QED) is 0.827. The Morgan fingerprint density at radius 2 is 1.82 bits per heavy atom. The first-order valence-electron chi connectivity index (χ1n) is 6.94. The van der Waals surface area contributed by atoms with Crippen molar-refractivity contribution in [3.63, 3.8) is 0 Å². The molecule has 2 fully saturated rings. The van der Waals surface area contributed by atoms with E-state index >= 15 is 0 Å². The highest BCUT2D eigenvalue weighted by Gasteiger charge is 2.22. The van der Waals surface area contributed by atoms with Crippen LogP contribution < -0.4 is 5.32 Å². The van der Waals surface area contributed by atoms with Crippen LogP contribution in [0.3, 0.4) is 0 Å². The monoisotopic (exact) mass is 258 g/mol. The summed E-state index contributed by atoms with van der Waals surface area (Å²) < 4.78 is 5.76. The van der Waals surface area contributed by atoms with Crippen molar-refractivity contribution in [3.8, 4) is 0 Å². The van der Waals surface area contributed by atoms with Crippen molar-refractivity contribution in [1.29, 1.82) is 0 Å². The van der Waals surface area contributed by atoms with Crippen molar-refractivity contribution in [2.24, 2.45) is 0 Å². The Morgan fingerprint density at radius 1 is 1.18 bits per heavy atom. The molecule has 2 aliphatic rings. The predicted molar refractivity (Wildman–Crippen MR) is 74.8 cm³/mol. The van der Waals surface area contributed by atoms with Gasteiger partial charge in [-0.15, -0.1) is 0 Å². The molecule has 0 aromatic carbocycles. The molecule has 17 heavy (non-hydrogen) atoms. The van der Waals surface area contributed by atoms with Gasteiger partial charge in [0.25, 0.3) is 0 Å². The van der Waals surface area contributed by atoms with Crippen LogP contribution in [0.4, 0.5) is 0 Å². The highest BCUT2D eigenvalue weighted by molar-refractivity contribution is 7.99. The molecule has 0 radical (unpaired) electrons. The van der Waals surface area contributed by atoms with Gasteiger partial charge in [-0.1, -0.05) is 0 Å². The fourth-order valence-electron chi connectivity index (χ4n) is 2.78. The van der Waals surface area contributed by atoms with Crippen molar-refractivity contribution in [2.75, 3.05) is 38.5 Å². The summed E-state index contributed by atoms with van der Waals surface area (Å²) in [5, 5.41) is 4.32. The van der Waals surface area contributed by atoms with Crippen molar-refractivity contribution in [1.82, 2.24) is 10.2 Å². The molecule has 2 atom stereocenters. The summed E-state index contributed by atoms with van der Waals surface area (Å²) in [6.45, 7) is 10.2. The highest BCUT2D eigenvalue weighted by Crippen LogP contribution is 2.20. The molecule has 0 aliphatic carbocycles. The fraction of sp³-hybridized carbons (Fsp3) is 1.00. The molecule has 4 heteroatoms. The van der Waals surface area contributed by atoms with E-state index in [1.165, 1.54) is 38.2 Å². The molecule has 3 nitrogen and oxygen atoms in total. The summed E-state index contributed by atoms with van der Waals surface area (Å²) >= 11 is 2.17. The second-order valence-electron chi connectivity index (χ2n) is 5.34. The lowest BCUT2D eigenvalue weighted by Gasteiger charge is -2.35. The van der Waals surface area contributed by atoms with Crippen LogP contribution in [0.15, 0.2) is 0 Å². The summed E-state index contributed by atoms with van der Waals surface area (Å²) in [5.74, 6) is 1.28. The maximum Gasteiger partial charge on any atom is 0.0678 e. The summed E-state index contributed by atoms with van der Waals surface area (Å²) in [6.07, 6.45) is 3.51. The lowest BCUT2D eigenvalue weighted by molar-refractivity contribution is -0.0661. The van der Waals surface area contributed by atoms with Crippen LogP contribution in [-0.4, -0.2) is 60.8 Å². The molecule has 0 bridgehead atoms. The zero-order valence-corrected chi connectivity index (χ0v) is 12.0. The Morgan fingerprint density at radius 3 is 2.47 bits per heavy atom. The Kier molecular flexibility index (Phi) is 5.60. The third-order valence-electron chi connectivity index (χ3n) is 3.54. The molecule has 100 valence electrons. The van der Waals surface area contributed by atoms with E-state index in [9.17, 15) is 0 Å². The minimum atomic E-state index is 0.405. The number of rotatable bonds is 4. The van der Waals surface area contributed by atoms with E-state index in [0.29, 0.717) is 12.2 Å². The van der Waals surface area contributed by atoms with Gasteiger partial charge in [0.05, 0.1) is 12.2 Å². The first-order chi connectivity index (χ1) is 8.24. The molecule has 0 aromatic rings. The molecular formula is C13H26N2OS. The number of nitrogens with zero attached hydrogens (tertiary/aromatic N) is 1. The SMILES string of the molecule is CC1CN(CCSC2CCNCC2)CC(C)O1. The van der Waals surface area contributed by atoms with Crippen LogP contribution in [0.2, 0.25) is 0 Å². The van der Waals surface area contributed by atoms with E-state index in [0.717, 1.165) is 18.3 Å². The molecule has 2 rings (SSSR count). The van der Waals surface area contributed by atoms with Gasteiger partial charge in [0.2, 0.25) is 0 Å². The van der Waals surface area contributed by atoms with E-state index in [-0.39, 0.29) is 0 Å². The second-order valence-corrected chi connectivity index (χ2v) is 6.75. The average Bonchev–Trinajstić information content (AvgIpc) is 2.29. The third-order valence-corrected chi connectivity index (χ3v) is 4.90. The maximum absolute atomic E-state index is 5.76. The highest BCUT2D eigenvalue weighted by atomic mass is 32.2. The van der Waals surface area contributed by atoms with Crippen LogP contribution in [0.25, 0.3) is 0 Å². The Hall–Kier alpha value is 0.230. The first-order valence-corrected chi connectivity index (χ1v) is 7.99. The van der Waals surface area contributed by atoms with Crippen molar-refractivity contribution in [2.45, 2.75) is 44.1 Å². The van der Waals surface area contributed by atoms with Gasteiger partial charge in [-0.2, -0.15) is 11.8 Å². The smallest absolute Gasteiger partial charge is 0.0678 e. The summed E-state index contributed by atoms with van der Waals surface area (Å²) in [5.41, 5.74) is 0. The van der Waals surface area contributed by atoms with Gasteiger partial charge >= 0.3 is 0 Å². The zero-order chi connectivity index (χ0) is 12.1. The van der Waals surface area contributed by atoms with Crippen molar-refractivity contribution >= 4 is 11.8 Å². The number of morpholine rings is 1. The van der Waals surface area contributed by atoms with Gasteiger partial charge < -0.3 is 10.1 Å². The average molecular weight is 258 g/mol. The molecule has 0 aromatic heterocycles. The number of piperidine rings is 1. The number of thioether (sulfide) groups is 1. The lowest BCUT2D eigenvalue weighted by atomic mass is 10.2. The largest absolute Gasteiger partial charge is 0.373 e. The minimum absolute atomic E-state index is 0.405. The summed E-state index contributed by atoms with van der Waals surface area (Å²) in [7, 11) is 0. The van der Waals surface area contributed by atoms with E-state index in [2.05, 4.69) is 35.8 Å². The second kappa shape index (κ2) is 6.98. The zero-order valence-electron chi connectivity index (χ0n) is 11.2. The lowest BCUT2D eigenvalue weighted by Crippen LogP contribution is -2.46. The molecule has 2 saturated heterocycles. The van der Waals surface area contributed by atoms with Gasteiger partial charge in [-0.05, 0) is 39.8 Å². The topological polar surface area (TPSA) is 24.5 Å². The molecule has 2 aliphatic heterocycles. The van der Waals surface area contributed by atoms with Gasteiger partial charge in [-0.3, -0.25) is 4.90 Å². The van der Waals surface area contributed by atoms with Gasteiger partial charge in [0.1, 0.15) is 0 Å². The Labute approximate surface area is 110 Å². The van der Waals surface area contributed by atoms with E-state index in [1.807, 2.05) is 0 Å². The normalized spacial score (nSPS) is 32.8. The Balaban J connectivity index is 1.60. The van der Waals surface area contributed by atoms with Gasteiger partial charge in [0.15, 0.2) is 0 Å². The molecule has 2 unspecified atom stereocenters. The summed E-state index contributed by atoms with van der Waals surface area (Å²) in [6, 6.07) is 0. The van der Waals surface area contributed by atoms with Crippen LogP contribution in [0.1, 0.15) is 26.7 Å². The molecule has 2 heterocycles. The van der Waals surface area contributed by atoms with Crippen molar-refractivity contribution in [3.05, 3.63) is 0 Å². The van der Waals surface area contributed by atoms with Crippen LogP contribution in [0, 0.1) is 0 Å². The third kappa shape index (κ3) is 4.78. The molecule has 0 amide bonds. The van der Waals surface area contributed by atoms with E-state index in [1.54, 1.807) is 0 Å². The molecule has 0 spiro atoms. The van der Waals surface area contributed by atoms with Crippen LogP contribution in [-0.2, 0) is 4.74 Å². The Bertz CT molecular complexity index is 211. The van der Waals surface area contributed by atoms with E-state index < -0.39 is 0 Å². The minimum Gasteiger partial charge on any atom is -0.373 e. The van der Waals surface area contributed by atoms with E-state index in [4.69, 9.17) is 4.74 Å². The van der Waals surface area contributed by atoms with Crippen LogP contribution >= 0.6 is 11.8 Å². The molecule has 1 N–H and O–H groups in total.